The molecule has 5 heteroatoms. The molecule has 0 bridgehead atoms. The number of hydrogen-bond donors (Lipinski definition) is 1. The van der Waals surface area contributed by atoms with Crippen LogP contribution in [0, 0.1) is 12.7 Å². The minimum Gasteiger partial charge on any atom is -0.486 e. The van der Waals surface area contributed by atoms with E-state index in [0.717, 1.165) is 5.75 Å². The van der Waals surface area contributed by atoms with Crippen LogP contribution in [-0.4, -0.2) is 5.91 Å². The van der Waals surface area contributed by atoms with Crippen LogP contribution in [0.25, 0.3) is 0 Å². The molecule has 1 heterocycles. The molecule has 1 amide bonds. The molecule has 0 radical (unpaired) electrons. The summed E-state index contributed by atoms with van der Waals surface area (Å²) in [6, 6.07) is 16.8. The zero-order valence-corrected chi connectivity index (χ0v) is 13.1. The monoisotopic (exact) mass is 325 g/mol. The predicted octanol–water partition coefficient (Wildman–Crippen LogP) is 4.56. The van der Waals surface area contributed by atoms with Gasteiger partial charge in [-0.1, -0.05) is 18.2 Å². The van der Waals surface area contributed by atoms with Crippen LogP contribution >= 0.6 is 0 Å². The zero-order valence-electron chi connectivity index (χ0n) is 13.1. The van der Waals surface area contributed by atoms with E-state index in [0.29, 0.717) is 17.0 Å². The minimum atomic E-state index is -0.393. The highest BCUT2D eigenvalue weighted by atomic mass is 19.1. The zero-order chi connectivity index (χ0) is 16.9. The van der Waals surface area contributed by atoms with Gasteiger partial charge in [-0.05, 0) is 55.0 Å². The molecule has 2 aromatic carbocycles. The quantitative estimate of drug-likeness (QED) is 0.748. The number of rotatable bonds is 5. The van der Waals surface area contributed by atoms with E-state index >= 15 is 0 Å². The van der Waals surface area contributed by atoms with Crippen molar-refractivity contribution in [3.8, 4) is 5.75 Å². The summed E-state index contributed by atoms with van der Waals surface area (Å²) in [6.45, 7) is 1.95. The summed E-state index contributed by atoms with van der Waals surface area (Å²) in [7, 11) is 0. The van der Waals surface area contributed by atoms with Crippen molar-refractivity contribution in [2.24, 2.45) is 0 Å². The van der Waals surface area contributed by atoms with Gasteiger partial charge in [0.1, 0.15) is 23.9 Å². The molecule has 3 aromatic rings. The third-order valence-corrected chi connectivity index (χ3v) is 3.45. The van der Waals surface area contributed by atoms with E-state index in [-0.39, 0.29) is 18.2 Å². The van der Waals surface area contributed by atoms with Crippen molar-refractivity contribution in [2.45, 2.75) is 13.5 Å². The maximum atomic E-state index is 13.1. The Morgan fingerprint density at radius 1 is 1.12 bits per heavy atom. The minimum absolute atomic E-state index is 0.172. The molecule has 0 aliphatic rings. The van der Waals surface area contributed by atoms with Gasteiger partial charge in [-0.25, -0.2) is 4.39 Å². The van der Waals surface area contributed by atoms with Gasteiger partial charge in [0.15, 0.2) is 5.76 Å². The molecule has 0 fully saturated rings. The third-order valence-electron chi connectivity index (χ3n) is 3.45. The Bertz CT molecular complexity index is 843. The van der Waals surface area contributed by atoms with Gasteiger partial charge in [0, 0.05) is 5.69 Å². The summed E-state index contributed by atoms with van der Waals surface area (Å²) in [4.78, 5) is 12.2. The normalized spacial score (nSPS) is 10.4. The van der Waals surface area contributed by atoms with Gasteiger partial charge < -0.3 is 14.5 Å². The van der Waals surface area contributed by atoms with Crippen molar-refractivity contribution in [3.05, 3.63) is 83.6 Å². The van der Waals surface area contributed by atoms with Crippen molar-refractivity contribution in [1.82, 2.24) is 0 Å². The molecular formula is C19H16FNO3. The molecule has 1 aromatic heterocycles. The topological polar surface area (TPSA) is 51.5 Å². The lowest BCUT2D eigenvalue weighted by molar-refractivity contribution is 0.0992. The lowest BCUT2D eigenvalue weighted by Gasteiger charge is -2.07. The summed E-state index contributed by atoms with van der Waals surface area (Å²) in [5, 5.41) is 2.70. The van der Waals surface area contributed by atoms with E-state index in [1.165, 1.54) is 18.2 Å². The highest BCUT2D eigenvalue weighted by Gasteiger charge is 2.13. The maximum absolute atomic E-state index is 13.1. The Kier molecular flexibility index (Phi) is 4.61. The lowest BCUT2D eigenvalue weighted by atomic mass is 10.2. The van der Waals surface area contributed by atoms with Gasteiger partial charge in [-0.3, -0.25) is 4.79 Å². The fourth-order valence-corrected chi connectivity index (χ4v) is 2.20. The summed E-state index contributed by atoms with van der Waals surface area (Å²) >= 11 is 0. The SMILES string of the molecule is Cc1cc(F)ccc1NC(=O)c1ccc(COc2ccccc2)o1. The fraction of sp³-hybridized carbons (Fsp3) is 0.105. The number of anilines is 1. The number of aryl methyl sites for hydroxylation is 1. The first-order valence-corrected chi connectivity index (χ1v) is 7.46. The molecule has 122 valence electrons. The number of amides is 1. The van der Waals surface area contributed by atoms with Crippen LogP contribution in [0.1, 0.15) is 21.9 Å². The smallest absolute Gasteiger partial charge is 0.291 e. The molecule has 1 N–H and O–H groups in total. The van der Waals surface area contributed by atoms with Crippen molar-refractivity contribution < 1.29 is 18.3 Å². The molecule has 24 heavy (non-hydrogen) atoms. The van der Waals surface area contributed by atoms with E-state index in [9.17, 15) is 9.18 Å². The third kappa shape index (κ3) is 3.81. The molecule has 0 aliphatic heterocycles. The largest absolute Gasteiger partial charge is 0.486 e. The molecule has 0 unspecified atom stereocenters. The number of nitrogens with one attached hydrogen (secondary N) is 1. The molecule has 0 saturated heterocycles. The molecule has 0 saturated carbocycles. The lowest BCUT2D eigenvalue weighted by Crippen LogP contribution is -2.12. The van der Waals surface area contributed by atoms with Gasteiger partial charge in [0.25, 0.3) is 5.91 Å². The number of ether oxygens (including phenoxy) is 1. The predicted molar refractivity (Wildman–Crippen MR) is 88.6 cm³/mol. The van der Waals surface area contributed by atoms with Crippen molar-refractivity contribution in [1.29, 1.82) is 0 Å². The van der Waals surface area contributed by atoms with Crippen LogP contribution in [0.15, 0.2) is 65.1 Å². The first-order chi connectivity index (χ1) is 11.6. The average molecular weight is 325 g/mol. The number of carbonyl (C=O) groups excluding carboxylic acids is 1. The number of benzene rings is 2. The molecule has 3 rings (SSSR count). The Hall–Kier alpha value is -3.08. The van der Waals surface area contributed by atoms with E-state index in [2.05, 4.69) is 5.32 Å². The van der Waals surface area contributed by atoms with E-state index in [4.69, 9.17) is 9.15 Å². The number of hydrogen-bond acceptors (Lipinski definition) is 3. The standard InChI is InChI=1S/C19H16FNO3/c1-13-11-14(20)7-9-17(13)21-19(22)18-10-8-16(24-18)12-23-15-5-3-2-4-6-15/h2-11H,12H2,1H3,(H,21,22). The fourth-order valence-electron chi connectivity index (χ4n) is 2.20. The van der Waals surface area contributed by atoms with Gasteiger partial charge in [0.2, 0.25) is 0 Å². The molecule has 0 aliphatic carbocycles. The van der Waals surface area contributed by atoms with Crippen LogP contribution in [0.3, 0.4) is 0 Å². The summed E-state index contributed by atoms with van der Waals surface area (Å²) < 4.78 is 24.2. The van der Waals surface area contributed by atoms with Gasteiger partial charge in [0.05, 0.1) is 0 Å². The Morgan fingerprint density at radius 3 is 2.67 bits per heavy atom. The van der Waals surface area contributed by atoms with E-state index in [1.54, 1.807) is 19.1 Å². The van der Waals surface area contributed by atoms with Crippen LogP contribution in [0.4, 0.5) is 10.1 Å². The maximum Gasteiger partial charge on any atom is 0.291 e. The second-order valence-corrected chi connectivity index (χ2v) is 5.28. The van der Waals surface area contributed by atoms with Crippen LogP contribution < -0.4 is 10.1 Å². The number of para-hydroxylation sites is 1. The van der Waals surface area contributed by atoms with E-state index < -0.39 is 5.91 Å². The first-order valence-electron chi connectivity index (χ1n) is 7.46. The number of carbonyl (C=O) groups is 1. The highest BCUT2D eigenvalue weighted by molar-refractivity contribution is 6.02. The molecule has 0 spiro atoms. The highest BCUT2D eigenvalue weighted by Crippen LogP contribution is 2.18. The van der Waals surface area contributed by atoms with Crippen LogP contribution in [-0.2, 0) is 6.61 Å². The summed E-state index contributed by atoms with van der Waals surface area (Å²) in [5.74, 6) is 0.701. The first kappa shape index (κ1) is 15.8. The van der Waals surface area contributed by atoms with Crippen molar-refractivity contribution >= 4 is 11.6 Å². The van der Waals surface area contributed by atoms with Gasteiger partial charge in [-0.15, -0.1) is 0 Å². The molecule has 0 atom stereocenters. The Morgan fingerprint density at radius 2 is 1.92 bits per heavy atom. The Labute approximate surface area is 138 Å². The van der Waals surface area contributed by atoms with Crippen LogP contribution in [0.2, 0.25) is 0 Å². The summed E-state index contributed by atoms with van der Waals surface area (Å²) in [5.41, 5.74) is 1.18. The van der Waals surface area contributed by atoms with Crippen molar-refractivity contribution in [2.75, 3.05) is 5.32 Å². The van der Waals surface area contributed by atoms with Gasteiger partial charge >= 0.3 is 0 Å². The van der Waals surface area contributed by atoms with Gasteiger partial charge in [-0.2, -0.15) is 0 Å². The second kappa shape index (κ2) is 7.00. The van der Waals surface area contributed by atoms with Crippen molar-refractivity contribution in [3.63, 3.8) is 0 Å². The number of furan rings is 1. The summed E-state index contributed by atoms with van der Waals surface area (Å²) in [6.07, 6.45) is 0. The Balaban J connectivity index is 1.63. The average Bonchev–Trinajstić information content (AvgIpc) is 3.05. The second-order valence-electron chi connectivity index (χ2n) is 5.28. The van der Waals surface area contributed by atoms with Crippen LogP contribution in [0.5, 0.6) is 5.75 Å². The molecule has 4 nitrogen and oxygen atoms in total. The molecular weight excluding hydrogens is 309 g/mol. The van der Waals surface area contributed by atoms with E-state index in [1.807, 2.05) is 30.3 Å². The number of halogens is 1.